The Morgan fingerprint density at radius 2 is 2.03 bits per heavy atom. The van der Waals surface area contributed by atoms with Crippen molar-refractivity contribution in [3.8, 4) is 11.5 Å². The molecule has 5 rings (SSSR count). The van der Waals surface area contributed by atoms with Gasteiger partial charge in [-0.15, -0.1) is 0 Å². The number of ether oxygens (including phenoxy) is 2. The van der Waals surface area contributed by atoms with Gasteiger partial charge in [0.2, 0.25) is 12.7 Å². The molecule has 0 bridgehead atoms. The number of thiazole rings is 1. The Balaban J connectivity index is 1.36. The lowest BCUT2D eigenvalue weighted by molar-refractivity contribution is -0.118. The molecule has 7 nitrogen and oxygen atoms in total. The van der Waals surface area contributed by atoms with Crippen LogP contribution < -0.4 is 20.1 Å². The zero-order valence-electron chi connectivity index (χ0n) is 19.4. The Labute approximate surface area is 213 Å². The van der Waals surface area contributed by atoms with Crippen molar-refractivity contribution in [2.75, 3.05) is 18.7 Å². The molecule has 0 radical (unpaired) electrons. The highest BCUT2D eigenvalue weighted by atomic mass is 35.5. The third kappa shape index (κ3) is 4.89. The van der Waals surface area contributed by atoms with Gasteiger partial charge in [-0.3, -0.25) is 4.79 Å². The summed E-state index contributed by atoms with van der Waals surface area (Å²) in [6, 6.07) is 13.0. The molecular weight excluding hydrogens is 486 g/mol. The van der Waals surface area contributed by atoms with Gasteiger partial charge in [-0.25, -0.2) is 4.98 Å². The highest BCUT2D eigenvalue weighted by Crippen LogP contribution is 2.51. The van der Waals surface area contributed by atoms with Gasteiger partial charge in [-0.1, -0.05) is 60.5 Å². The minimum atomic E-state index is -0.573. The summed E-state index contributed by atoms with van der Waals surface area (Å²) in [5.41, 5.74) is 1.26. The second kappa shape index (κ2) is 10.1. The van der Waals surface area contributed by atoms with Gasteiger partial charge in [-0.2, -0.15) is 0 Å². The van der Waals surface area contributed by atoms with Crippen LogP contribution in [0.2, 0.25) is 5.02 Å². The lowest BCUT2D eigenvalue weighted by Crippen LogP contribution is -2.36. The summed E-state index contributed by atoms with van der Waals surface area (Å²) < 4.78 is 10.9. The minimum Gasteiger partial charge on any atom is -0.454 e. The number of aliphatic hydroxyl groups is 1. The smallest absolute Gasteiger partial charge is 0.236 e. The maximum atomic E-state index is 13.3. The molecule has 1 aromatic heterocycles. The molecule has 1 aliphatic heterocycles. The second-order valence-electron chi connectivity index (χ2n) is 8.96. The van der Waals surface area contributed by atoms with Crippen molar-refractivity contribution in [1.29, 1.82) is 0 Å². The summed E-state index contributed by atoms with van der Waals surface area (Å²) in [6.07, 6.45) is 5.09. The fourth-order valence-electron chi connectivity index (χ4n) is 4.51. The Kier molecular flexibility index (Phi) is 6.98. The number of carbonyl (C=O) groups is 1. The standard InChI is InChI=1S/C26H28ClN3O4S/c1-2-5-17(14-31)29-23(18-6-3-4-7-19(18)27)22-13-28-25(35-22)30-24(32)26(10-11-26)16-8-9-20-21(12-16)34-15-33-20/h3-4,6-9,12-13,17,23,29,31H,2,5,10-11,14-15H2,1H3,(H,28,30,32)/t17-,23?/m0/s1. The Morgan fingerprint density at radius 1 is 1.23 bits per heavy atom. The fraction of sp³-hybridized carbons (Fsp3) is 0.385. The van der Waals surface area contributed by atoms with E-state index in [0.717, 1.165) is 41.7 Å². The molecule has 2 aliphatic rings. The predicted molar refractivity (Wildman–Crippen MR) is 136 cm³/mol. The maximum Gasteiger partial charge on any atom is 0.236 e. The van der Waals surface area contributed by atoms with Crippen LogP contribution >= 0.6 is 22.9 Å². The van der Waals surface area contributed by atoms with Gasteiger partial charge in [0.15, 0.2) is 16.6 Å². The summed E-state index contributed by atoms with van der Waals surface area (Å²) in [5.74, 6) is 1.31. The summed E-state index contributed by atoms with van der Waals surface area (Å²) in [4.78, 5) is 18.7. The van der Waals surface area contributed by atoms with Crippen LogP contribution in [0.15, 0.2) is 48.7 Å². The van der Waals surface area contributed by atoms with E-state index in [4.69, 9.17) is 21.1 Å². The lowest BCUT2D eigenvalue weighted by atomic mass is 9.94. The van der Waals surface area contributed by atoms with Crippen molar-refractivity contribution in [2.45, 2.75) is 50.1 Å². The summed E-state index contributed by atoms with van der Waals surface area (Å²) in [6.45, 7) is 2.31. The van der Waals surface area contributed by atoms with Crippen molar-refractivity contribution in [3.63, 3.8) is 0 Å². The molecule has 3 aromatic rings. The maximum absolute atomic E-state index is 13.3. The molecule has 2 atom stereocenters. The quantitative estimate of drug-likeness (QED) is 0.352. The van der Waals surface area contributed by atoms with E-state index in [-0.39, 0.29) is 31.4 Å². The van der Waals surface area contributed by atoms with Gasteiger partial charge >= 0.3 is 0 Å². The number of rotatable bonds is 10. The van der Waals surface area contributed by atoms with E-state index < -0.39 is 5.41 Å². The van der Waals surface area contributed by atoms with Crippen molar-refractivity contribution >= 4 is 34.0 Å². The minimum absolute atomic E-state index is 0.0231. The van der Waals surface area contributed by atoms with Gasteiger partial charge in [0.1, 0.15) is 0 Å². The molecule has 1 unspecified atom stereocenters. The van der Waals surface area contributed by atoms with Crippen LogP contribution in [0, 0.1) is 0 Å². The third-order valence-corrected chi connectivity index (χ3v) is 7.94. The Morgan fingerprint density at radius 3 is 2.77 bits per heavy atom. The molecule has 35 heavy (non-hydrogen) atoms. The zero-order chi connectivity index (χ0) is 24.4. The number of carbonyl (C=O) groups excluding carboxylic acids is 1. The number of amides is 1. The first kappa shape index (κ1) is 24.1. The average molecular weight is 514 g/mol. The van der Waals surface area contributed by atoms with Gasteiger partial charge in [0, 0.05) is 22.1 Å². The van der Waals surface area contributed by atoms with E-state index in [1.165, 1.54) is 11.3 Å². The number of nitrogens with zero attached hydrogens (tertiary/aromatic N) is 1. The first-order valence-corrected chi connectivity index (χ1v) is 13.0. The summed E-state index contributed by atoms with van der Waals surface area (Å²) >= 11 is 7.94. The fourth-order valence-corrected chi connectivity index (χ4v) is 5.64. The van der Waals surface area contributed by atoms with Crippen LogP contribution in [0.1, 0.15) is 54.7 Å². The molecule has 184 valence electrons. The first-order chi connectivity index (χ1) is 17.0. The number of benzene rings is 2. The molecule has 9 heteroatoms. The molecule has 0 spiro atoms. The number of hydrogen-bond acceptors (Lipinski definition) is 7. The van der Waals surface area contributed by atoms with Crippen molar-refractivity contribution < 1.29 is 19.4 Å². The lowest BCUT2D eigenvalue weighted by Gasteiger charge is -2.24. The van der Waals surface area contributed by atoms with E-state index in [0.29, 0.717) is 21.7 Å². The Bertz CT molecular complexity index is 1210. The number of fused-ring (bicyclic) bond motifs is 1. The topological polar surface area (TPSA) is 92.7 Å². The number of hydrogen-bond donors (Lipinski definition) is 3. The number of aliphatic hydroxyl groups excluding tert-OH is 1. The second-order valence-corrected chi connectivity index (χ2v) is 10.4. The normalized spacial score (nSPS) is 17.1. The molecule has 2 heterocycles. The molecule has 1 amide bonds. The molecular formula is C26H28ClN3O4S. The summed E-state index contributed by atoms with van der Waals surface area (Å²) in [5, 5.41) is 17.6. The highest BCUT2D eigenvalue weighted by Gasteiger charge is 2.52. The van der Waals surface area contributed by atoms with E-state index >= 15 is 0 Å². The highest BCUT2D eigenvalue weighted by molar-refractivity contribution is 7.15. The molecule has 1 fully saturated rings. The molecule has 2 aromatic carbocycles. The monoisotopic (exact) mass is 513 g/mol. The van der Waals surface area contributed by atoms with Gasteiger partial charge in [0.25, 0.3) is 0 Å². The van der Waals surface area contributed by atoms with Crippen LogP contribution in [0.3, 0.4) is 0 Å². The molecule has 3 N–H and O–H groups in total. The van der Waals surface area contributed by atoms with Crippen LogP contribution in [-0.4, -0.2) is 35.4 Å². The van der Waals surface area contributed by atoms with E-state index in [1.807, 2.05) is 42.5 Å². The van der Waals surface area contributed by atoms with Crippen molar-refractivity contribution in [1.82, 2.24) is 10.3 Å². The zero-order valence-corrected chi connectivity index (χ0v) is 21.0. The van der Waals surface area contributed by atoms with Crippen LogP contribution in [0.4, 0.5) is 5.13 Å². The molecule has 1 aliphatic carbocycles. The van der Waals surface area contributed by atoms with E-state index in [9.17, 15) is 9.90 Å². The van der Waals surface area contributed by atoms with Gasteiger partial charge in [0.05, 0.1) is 18.1 Å². The van der Waals surface area contributed by atoms with Gasteiger partial charge in [-0.05, 0) is 48.6 Å². The van der Waals surface area contributed by atoms with E-state index in [1.54, 1.807) is 6.20 Å². The van der Waals surface area contributed by atoms with Crippen molar-refractivity contribution in [2.24, 2.45) is 0 Å². The van der Waals surface area contributed by atoms with E-state index in [2.05, 4.69) is 22.5 Å². The molecule has 0 saturated heterocycles. The SMILES string of the molecule is CCC[C@@H](CO)NC(c1cnc(NC(=O)C2(c3ccc4c(c3)OCO4)CC2)s1)c1ccccc1Cl. The van der Waals surface area contributed by atoms with Crippen molar-refractivity contribution in [3.05, 3.63) is 69.7 Å². The number of anilines is 1. The van der Waals surface area contributed by atoms with Crippen LogP contribution in [-0.2, 0) is 10.2 Å². The number of halogens is 1. The number of nitrogens with one attached hydrogen (secondary N) is 2. The first-order valence-electron chi connectivity index (χ1n) is 11.8. The summed E-state index contributed by atoms with van der Waals surface area (Å²) in [7, 11) is 0. The Hall–Kier alpha value is -2.65. The molecule has 1 saturated carbocycles. The third-order valence-electron chi connectivity index (χ3n) is 6.61. The largest absolute Gasteiger partial charge is 0.454 e. The average Bonchev–Trinajstić information content (AvgIpc) is 3.33. The van der Waals surface area contributed by atoms with Crippen LogP contribution in [0.5, 0.6) is 11.5 Å². The van der Waals surface area contributed by atoms with Gasteiger partial charge < -0.3 is 25.2 Å². The van der Waals surface area contributed by atoms with Crippen LogP contribution in [0.25, 0.3) is 0 Å². The number of aromatic nitrogens is 1. The predicted octanol–water partition coefficient (Wildman–Crippen LogP) is 5.04.